The standard InChI is InChI=1S/C16H25NO2S/c1-12-8-9-15(10-13(12)2)20(18,19)11-16(17-3)14-6-4-5-7-14/h8-10,14,16-17H,4-7,11H2,1-3H3. The Bertz CT molecular complexity index is 560. The van der Waals surface area contributed by atoms with Gasteiger partial charge in [0.15, 0.2) is 9.84 Å². The van der Waals surface area contributed by atoms with Crippen LogP contribution in [0.4, 0.5) is 0 Å². The number of nitrogens with one attached hydrogen (secondary N) is 1. The van der Waals surface area contributed by atoms with Crippen LogP contribution in [0.15, 0.2) is 23.1 Å². The van der Waals surface area contributed by atoms with Gasteiger partial charge in [-0.3, -0.25) is 0 Å². The van der Waals surface area contributed by atoms with E-state index in [2.05, 4.69) is 5.32 Å². The Kier molecular flexibility index (Phi) is 4.86. The zero-order valence-electron chi connectivity index (χ0n) is 12.6. The van der Waals surface area contributed by atoms with E-state index in [1.165, 1.54) is 12.8 Å². The van der Waals surface area contributed by atoms with E-state index < -0.39 is 9.84 Å². The fourth-order valence-electron chi connectivity index (χ4n) is 3.05. The summed E-state index contributed by atoms with van der Waals surface area (Å²) in [5.41, 5.74) is 2.16. The Morgan fingerprint density at radius 3 is 2.40 bits per heavy atom. The summed E-state index contributed by atoms with van der Waals surface area (Å²) in [6, 6.07) is 5.50. The molecule has 1 unspecified atom stereocenters. The molecule has 0 radical (unpaired) electrons. The second-order valence-electron chi connectivity index (χ2n) is 5.97. The van der Waals surface area contributed by atoms with Crippen molar-refractivity contribution in [2.24, 2.45) is 5.92 Å². The first-order valence-corrected chi connectivity index (χ1v) is 9.06. The number of aryl methyl sites for hydroxylation is 2. The third kappa shape index (κ3) is 3.41. The molecule has 1 aromatic carbocycles. The fourth-order valence-corrected chi connectivity index (χ4v) is 4.79. The van der Waals surface area contributed by atoms with E-state index in [1.807, 2.05) is 27.0 Å². The molecule has 4 heteroatoms. The minimum Gasteiger partial charge on any atom is -0.316 e. The summed E-state index contributed by atoms with van der Waals surface area (Å²) in [4.78, 5) is 0.457. The molecule has 1 N–H and O–H groups in total. The van der Waals surface area contributed by atoms with Crippen LogP contribution in [0.1, 0.15) is 36.8 Å². The molecular weight excluding hydrogens is 270 g/mol. The summed E-state index contributed by atoms with van der Waals surface area (Å²) in [6.45, 7) is 3.96. The van der Waals surface area contributed by atoms with Crippen LogP contribution >= 0.6 is 0 Å². The van der Waals surface area contributed by atoms with Crippen LogP contribution in [0.3, 0.4) is 0 Å². The van der Waals surface area contributed by atoms with Crippen LogP contribution in [0.25, 0.3) is 0 Å². The van der Waals surface area contributed by atoms with Crippen LogP contribution < -0.4 is 5.32 Å². The summed E-state index contributed by atoms with van der Waals surface area (Å²) in [5, 5.41) is 3.22. The van der Waals surface area contributed by atoms with E-state index in [4.69, 9.17) is 0 Å². The van der Waals surface area contributed by atoms with Gasteiger partial charge in [0, 0.05) is 6.04 Å². The molecular formula is C16H25NO2S. The Morgan fingerprint density at radius 2 is 1.85 bits per heavy atom. The molecule has 2 rings (SSSR count). The molecule has 0 spiro atoms. The molecule has 1 aliphatic carbocycles. The molecule has 0 aliphatic heterocycles. The summed E-state index contributed by atoms with van der Waals surface area (Å²) in [6.07, 6.45) is 4.75. The summed E-state index contributed by atoms with van der Waals surface area (Å²) in [7, 11) is -1.34. The van der Waals surface area contributed by atoms with Crippen molar-refractivity contribution in [1.82, 2.24) is 5.32 Å². The molecule has 1 aliphatic rings. The van der Waals surface area contributed by atoms with E-state index in [9.17, 15) is 8.42 Å². The van der Waals surface area contributed by atoms with Gasteiger partial charge in [-0.15, -0.1) is 0 Å². The van der Waals surface area contributed by atoms with Crippen molar-refractivity contribution in [1.29, 1.82) is 0 Å². The van der Waals surface area contributed by atoms with Crippen molar-refractivity contribution in [2.75, 3.05) is 12.8 Å². The maximum Gasteiger partial charge on any atom is 0.179 e. The lowest BCUT2D eigenvalue weighted by Crippen LogP contribution is -2.38. The molecule has 1 aromatic rings. The maximum atomic E-state index is 12.6. The Morgan fingerprint density at radius 1 is 1.20 bits per heavy atom. The molecule has 1 atom stereocenters. The van der Waals surface area contributed by atoms with Gasteiger partial charge in [-0.05, 0) is 62.9 Å². The van der Waals surface area contributed by atoms with Gasteiger partial charge in [-0.1, -0.05) is 18.9 Å². The van der Waals surface area contributed by atoms with Crippen molar-refractivity contribution in [3.63, 3.8) is 0 Å². The predicted molar refractivity (Wildman–Crippen MR) is 82.8 cm³/mol. The highest BCUT2D eigenvalue weighted by molar-refractivity contribution is 7.91. The first-order chi connectivity index (χ1) is 9.44. The Hall–Kier alpha value is -0.870. The van der Waals surface area contributed by atoms with Crippen molar-refractivity contribution < 1.29 is 8.42 Å². The average Bonchev–Trinajstić information content (AvgIpc) is 2.93. The van der Waals surface area contributed by atoms with Gasteiger partial charge in [-0.25, -0.2) is 8.42 Å². The quantitative estimate of drug-likeness (QED) is 0.908. The van der Waals surface area contributed by atoms with Gasteiger partial charge in [0.05, 0.1) is 10.6 Å². The zero-order chi connectivity index (χ0) is 14.8. The minimum absolute atomic E-state index is 0.0732. The second kappa shape index (κ2) is 6.27. The van der Waals surface area contributed by atoms with Gasteiger partial charge in [-0.2, -0.15) is 0 Å². The fraction of sp³-hybridized carbons (Fsp3) is 0.625. The van der Waals surface area contributed by atoms with Gasteiger partial charge >= 0.3 is 0 Å². The van der Waals surface area contributed by atoms with Crippen LogP contribution in [0, 0.1) is 19.8 Å². The van der Waals surface area contributed by atoms with Crippen LogP contribution in [-0.2, 0) is 9.84 Å². The van der Waals surface area contributed by atoms with Gasteiger partial charge in [0.25, 0.3) is 0 Å². The van der Waals surface area contributed by atoms with Crippen molar-refractivity contribution in [2.45, 2.75) is 50.5 Å². The molecule has 20 heavy (non-hydrogen) atoms. The molecule has 1 fully saturated rings. The smallest absolute Gasteiger partial charge is 0.179 e. The van der Waals surface area contributed by atoms with E-state index in [0.717, 1.165) is 24.0 Å². The van der Waals surface area contributed by atoms with E-state index in [1.54, 1.807) is 12.1 Å². The minimum atomic E-state index is -3.21. The third-order valence-electron chi connectivity index (χ3n) is 4.58. The molecule has 0 amide bonds. The van der Waals surface area contributed by atoms with Crippen molar-refractivity contribution >= 4 is 9.84 Å². The normalized spacial score (nSPS) is 18.4. The van der Waals surface area contributed by atoms with Crippen molar-refractivity contribution in [3.05, 3.63) is 29.3 Å². The largest absolute Gasteiger partial charge is 0.316 e. The highest BCUT2D eigenvalue weighted by atomic mass is 32.2. The highest BCUT2D eigenvalue weighted by Crippen LogP contribution is 2.29. The lowest BCUT2D eigenvalue weighted by Gasteiger charge is -2.22. The predicted octanol–water partition coefficient (Wildman–Crippen LogP) is 2.86. The first kappa shape index (κ1) is 15.5. The Balaban J connectivity index is 2.18. The Labute approximate surface area is 122 Å². The van der Waals surface area contributed by atoms with Crippen LogP contribution in [-0.4, -0.2) is 27.3 Å². The highest BCUT2D eigenvalue weighted by Gasteiger charge is 2.29. The lowest BCUT2D eigenvalue weighted by molar-refractivity contribution is 0.404. The summed E-state index contributed by atoms with van der Waals surface area (Å²) >= 11 is 0. The van der Waals surface area contributed by atoms with Gasteiger partial charge in [0.2, 0.25) is 0 Å². The number of hydrogen-bond acceptors (Lipinski definition) is 3. The summed E-state index contributed by atoms with van der Waals surface area (Å²) < 4.78 is 25.2. The maximum absolute atomic E-state index is 12.6. The summed E-state index contributed by atoms with van der Waals surface area (Å²) in [5.74, 6) is 0.706. The molecule has 0 heterocycles. The third-order valence-corrected chi connectivity index (χ3v) is 6.35. The SMILES string of the molecule is CNC(CS(=O)(=O)c1ccc(C)c(C)c1)C1CCCC1. The number of hydrogen-bond donors (Lipinski definition) is 1. The van der Waals surface area contributed by atoms with Crippen molar-refractivity contribution in [3.8, 4) is 0 Å². The van der Waals surface area contributed by atoms with Crippen LogP contribution in [0.2, 0.25) is 0 Å². The molecule has 112 valence electrons. The number of sulfone groups is 1. The molecule has 0 bridgehead atoms. The van der Waals surface area contributed by atoms with Crippen LogP contribution in [0.5, 0.6) is 0 Å². The monoisotopic (exact) mass is 295 g/mol. The molecule has 0 aromatic heterocycles. The van der Waals surface area contributed by atoms with Gasteiger partial charge < -0.3 is 5.32 Å². The molecule has 0 saturated heterocycles. The van der Waals surface area contributed by atoms with E-state index >= 15 is 0 Å². The number of benzene rings is 1. The second-order valence-corrected chi connectivity index (χ2v) is 8.00. The molecule has 1 saturated carbocycles. The topological polar surface area (TPSA) is 46.2 Å². The lowest BCUT2D eigenvalue weighted by atomic mass is 10.0. The van der Waals surface area contributed by atoms with E-state index in [0.29, 0.717) is 10.8 Å². The molecule has 3 nitrogen and oxygen atoms in total. The first-order valence-electron chi connectivity index (χ1n) is 7.41. The number of rotatable bonds is 5. The van der Waals surface area contributed by atoms with E-state index in [-0.39, 0.29) is 11.8 Å². The zero-order valence-corrected chi connectivity index (χ0v) is 13.5. The van der Waals surface area contributed by atoms with Gasteiger partial charge in [0.1, 0.15) is 0 Å². The average molecular weight is 295 g/mol.